The third-order valence-electron chi connectivity index (χ3n) is 3.02. The third-order valence-corrected chi connectivity index (χ3v) is 3.33. The Morgan fingerprint density at radius 3 is 2.85 bits per heavy atom. The van der Waals surface area contributed by atoms with Gasteiger partial charge in [-0.2, -0.15) is 0 Å². The highest BCUT2D eigenvalue weighted by Gasteiger charge is 2.08. The Kier molecular flexibility index (Phi) is 5.50. The minimum atomic E-state index is 0.387. The minimum absolute atomic E-state index is 0.387. The van der Waals surface area contributed by atoms with Crippen LogP contribution in [0.1, 0.15) is 30.4 Å². The van der Waals surface area contributed by atoms with E-state index in [1.54, 1.807) is 0 Å². The summed E-state index contributed by atoms with van der Waals surface area (Å²) in [5.41, 5.74) is 1.18. The Hall–Kier alpha value is -1.45. The molecule has 0 unspecified atom stereocenters. The second-order valence-electron chi connectivity index (χ2n) is 4.69. The van der Waals surface area contributed by atoms with E-state index in [9.17, 15) is 0 Å². The van der Waals surface area contributed by atoms with Crippen molar-refractivity contribution in [2.45, 2.75) is 33.4 Å². The minimum Gasteiger partial charge on any atom is -0.484 e. The average molecular weight is 294 g/mol. The second-order valence-corrected chi connectivity index (χ2v) is 5.10. The van der Waals surface area contributed by atoms with Gasteiger partial charge in [0.15, 0.2) is 0 Å². The maximum atomic E-state index is 6.05. The normalized spacial score (nSPS) is 10.8. The van der Waals surface area contributed by atoms with E-state index in [1.165, 1.54) is 5.56 Å². The fraction of sp³-hybridized carbons (Fsp3) is 0.375. The van der Waals surface area contributed by atoms with E-state index in [0.717, 1.165) is 31.0 Å². The van der Waals surface area contributed by atoms with Gasteiger partial charge in [0.1, 0.15) is 23.9 Å². The molecule has 0 atom stereocenters. The van der Waals surface area contributed by atoms with E-state index < -0.39 is 0 Å². The number of halogens is 1. The van der Waals surface area contributed by atoms with Crippen LogP contribution in [0.4, 0.5) is 0 Å². The Morgan fingerprint density at radius 1 is 1.30 bits per heavy atom. The van der Waals surface area contributed by atoms with Gasteiger partial charge in [-0.15, -0.1) is 0 Å². The van der Waals surface area contributed by atoms with Crippen LogP contribution in [0, 0.1) is 6.92 Å². The van der Waals surface area contributed by atoms with Gasteiger partial charge in [-0.1, -0.05) is 30.7 Å². The van der Waals surface area contributed by atoms with Gasteiger partial charge in [0.05, 0.1) is 5.02 Å². The SMILES string of the molecule is CCCNCc1cc(COc2ccccc2Cl)oc1C. The van der Waals surface area contributed by atoms with Crippen molar-refractivity contribution in [3.8, 4) is 5.75 Å². The molecule has 0 fully saturated rings. The molecule has 0 saturated carbocycles. The molecule has 0 radical (unpaired) electrons. The maximum Gasteiger partial charge on any atom is 0.146 e. The Labute approximate surface area is 124 Å². The van der Waals surface area contributed by atoms with Crippen molar-refractivity contribution in [3.63, 3.8) is 0 Å². The molecule has 1 aromatic carbocycles. The summed E-state index contributed by atoms with van der Waals surface area (Å²) in [5, 5.41) is 3.98. The molecule has 1 heterocycles. The molecule has 3 nitrogen and oxygen atoms in total. The number of para-hydroxylation sites is 1. The molecule has 0 aliphatic rings. The first kappa shape index (κ1) is 14.9. The average Bonchev–Trinajstić information content (AvgIpc) is 2.79. The highest BCUT2D eigenvalue weighted by atomic mass is 35.5. The zero-order valence-corrected chi connectivity index (χ0v) is 12.7. The Morgan fingerprint density at radius 2 is 2.10 bits per heavy atom. The van der Waals surface area contributed by atoms with Gasteiger partial charge in [-0.25, -0.2) is 0 Å². The zero-order valence-electron chi connectivity index (χ0n) is 11.9. The molecule has 0 spiro atoms. The highest BCUT2D eigenvalue weighted by molar-refractivity contribution is 6.32. The fourth-order valence-corrected chi connectivity index (χ4v) is 2.14. The molecule has 4 heteroatoms. The summed E-state index contributed by atoms with van der Waals surface area (Å²) >= 11 is 6.05. The van der Waals surface area contributed by atoms with Crippen LogP contribution in [0.25, 0.3) is 0 Å². The second kappa shape index (κ2) is 7.36. The van der Waals surface area contributed by atoms with Crippen LogP contribution in [-0.4, -0.2) is 6.54 Å². The summed E-state index contributed by atoms with van der Waals surface area (Å²) in [4.78, 5) is 0. The van der Waals surface area contributed by atoms with E-state index in [4.69, 9.17) is 20.8 Å². The van der Waals surface area contributed by atoms with Crippen molar-refractivity contribution in [2.24, 2.45) is 0 Å². The largest absolute Gasteiger partial charge is 0.484 e. The summed E-state index contributed by atoms with van der Waals surface area (Å²) in [5.74, 6) is 2.43. The lowest BCUT2D eigenvalue weighted by Crippen LogP contribution is -2.13. The lowest BCUT2D eigenvalue weighted by atomic mass is 10.2. The van der Waals surface area contributed by atoms with E-state index in [-0.39, 0.29) is 0 Å². The van der Waals surface area contributed by atoms with Gasteiger partial charge in [0.25, 0.3) is 0 Å². The number of aryl methyl sites for hydroxylation is 1. The highest BCUT2D eigenvalue weighted by Crippen LogP contribution is 2.25. The number of furan rings is 1. The fourth-order valence-electron chi connectivity index (χ4n) is 1.94. The summed E-state index contributed by atoms with van der Waals surface area (Å²) in [6, 6.07) is 9.47. The smallest absolute Gasteiger partial charge is 0.146 e. The van der Waals surface area contributed by atoms with Crippen molar-refractivity contribution in [3.05, 3.63) is 52.4 Å². The molecule has 2 aromatic rings. The van der Waals surface area contributed by atoms with E-state index >= 15 is 0 Å². The molecule has 20 heavy (non-hydrogen) atoms. The number of nitrogens with one attached hydrogen (secondary N) is 1. The molecular formula is C16H20ClNO2. The van der Waals surface area contributed by atoms with E-state index in [2.05, 4.69) is 12.2 Å². The van der Waals surface area contributed by atoms with Crippen LogP contribution in [0.15, 0.2) is 34.7 Å². The van der Waals surface area contributed by atoms with Gasteiger partial charge in [-0.05, 0) is 38.1 Å². The standard InChI is InChI=1S/C16H20ClNO2/c1-3-8-18-10-13-9-14(20-12(13)2)11-19-16-7-5-4-6-15(16)17/h4-7,9,18H,3,8,10-11H2,1-2H3. The predicted molar refractivity (Wildman–Crippen MR) is 81.2 cm³/mol. The van der Waals surface area contributed by atoms with Crippen molar-refractivity contribution in [1.82, 2.24) is 5.32 Å². The summed E-state index contributed by atoms with van der Waals surface area (Å²) in [6.45, 7) is 6.35. The van der Waals surface area contributed by atoms with Crippen molar-refractivity contribution < 1.29 is 9.15 Å². The quantitative estimate of drug-likeness (QED) is 0.772. The molecule has 108 valence electrons. The van der Waals surface area contributed by atoms with Gasteiger partial charge in [0, 0.05) is 12.1 Å². The summed E-state index contributed by atoms with van der Waals surface area (Å²) in [7, 11) is 0. The van der Waals surface area contributed by atoms with Gasteiger partial charge >= 0.3 is 0 Å². The Bertz CT molecular complexity index is 551. The lowest BCUT2D eigenvalue weighted by molar-refractivity contribution is 0.267. The van der Waals surface area contributed by atoms with Crippen LogP contribution >= 0.6 is 11.6 Å². The summed E-state index contributed by atoms with van der Waals surface area (Å²) in [6.07, 6.45) is 1.12. The van der Waals surface area contributed by atoms with Crippen LogP contribution < -0.4 is 10.1 Å². The lowest BCUT2D eigenvalue weighted by Gasteiger charge is -2.05. The molecule has 0 amide bonds. The van der Waals surface area contributed by atoms with Gasteiger partial charge < -0.3 is 14.5 Å². The summed E-state index contributed by atoms with van der Waals surface area (Å²) < 4.78 is 11.4. The van der Waals surface area contributed by atoms with Crippen LogP contribution in [0.3, 0.4) is 0 Å². The molecule has 0 bridgehead atoms. The Balaban J connectivity index is 1.93. The van der Waals surface area contributed by atoms with Crippen LogP contribution in [0.5, 0.6) is 5.75 Å². The van der Waals surface area contributed by atoms with Gasteiger partial charge in [0.2, 0.25) is 0 Å². The maximum absolute atomic E-state index is 6.05. The number of benzene rings is 1. The molecule has 2 rings (SSSR count). The van der Waals surface area contributed by atoms with Crippen molar-refractivity contribution >= 4 is 11.6 Å². The monoisotopic (exact) mass is 293 g/mol. The molecule has 0 aliphatic heterocycles. The van der Waals surface area contributed by atoms with Crippen molar-refractivity contribution in [2.75, 3.05) is 6.54 Å². The van der Waals surface area contributed by atoms with Crippen LogP contribution in [-0.2, 0) is 13.2 Å². The topological polar surface area (TPSA) is 34.4 Å². The number of hydrogen-bond donors (Lipinski definition) is 1. The first-order valence-corrected chi connectivity index (χ1v) is 7.24. The number of rotatable bonds is 7. The molecular weight excluding hydrogens is 274 g/mol. The van der Waals surface area contributed by atoms with E-state index in [1.807, 2.05) is 37.3 Å². The van der Waals surface area contributed by atoms with Crippen LogP contribution in [0.2, 0.25) is 5.02 Å². The predicted octanol–water partition coefficient (Wildman–Crippen LogP) is 4.32. The molecule has 1 N–H and O–H groups in total. The van der Waals surface area contributed by atoms with Crippen molar-refractivity contribution in [1.29, 1.82) is 0 Å². The molecule has 0 aliphatic carbocycles. The van der Waals surface area contributed by atoms with E-state index in [0.29, 0.717) is 17.4 Å². The number of ether oxygens (including phenoxy) is 1. The van der Waals surface area contributed by atoms with Gasteiger partial charge in [-0.3, -0.25) is 0 Å². The first-order chi connectivity index (χ1) is 9.70. The third kappa shape index (κ3) is 4.02. The first-order valence-electron chi connectivity index (χ1n) is 6.87. The number of hydrogen-bond acceptors (Lipinski definition) is 3. The zero-order chi connectivity index (χ0) is 14.4. The molecule has 0 saturated heterocycles. The molecule has 1 aromatic heterocycles.